The second-order valence-corrected chi connectivity index (χ2v) is 4.80. The highest BCUT2D eigenvalue weighted by molar-refractivity contribution is 6.09. The third-order valence-electron chi connectivity index (χ3n) is 3.60. The van der Waals surface area contributed by atoms with Gasteiger partial charge in [-0.2, -0.15) is 0 Å². The average Bonchev–Trinajstić information content (AvgIpc) is 2.51. The van der Waals surface area contributed by atoms with Crippen LogP contribution in [0.1, 0.15) is 37.0 Å². The van der Waals surface area contributed by atoms with Gasteiger partial charge in [0.05, 0.1) is 5.56 Å². The molecule has 0 spiro atoms. The number of nitrogens with zero attached hydrogens (tertiary/aromatic N) is 1. The zero-order valence-corrected chi connectivity index (χ0v) is 12.2. The summed E-state index contributed by atoms with van der Waals surface area (Å²) in [6, 6.07) is 8.04. The summed E-state index contributed by atoms with van der Waals surface area (Å²) >= 11 is 0. The minimum atomic E-state index is -0.0509. The number of fused-ring (bicyclic) bond motifs is 1. The van der Waals surface area contributed by atoms with Crippen LogP contribution >= 0.6 is 0 Å². The van der Waals surface area contributed by atoms with Gasteiger partial charge in [-0.25, -0.2) is 4.98 Å². The van der Waals surface area contributed by atoms with Crippen molar-refractivity contribution >= 4 is 22.5 Å². The van der Waals surface area contributed by atoms with Crippen LogP contribution in [0.4, 0.5) is 5.82 Å². The maximum Gasteiger partial charge on any atom is 0.253 e. The zero-order valence-electron chi connectivity index (χ0n) is 12.2. The summed E-state index contributed by atoms with van der Waals surface area (Å²) in [5, 5.41) is 8.01. The molecule has 1 aromatic carbocycles. The summed E-state index contributed by atoms with van der Waals surface area (Å²) < 4.78 is 0. The van der Waals surface area contributed by atoms with Gasteiger partial charge in [0.1, 0.15) is 5.82 Å². The van der Waals surface area contributed by atoms with Crippen LogP contribution in [-0.4, -0.2) is 24.0 Å². The van der Waals surface area contributed by atoms with Crippen molar-refractivity contribution in [3.63, 3.8) is 0 Å². The molecule has 0 bridgehead atoms. The van der Waals surface area contributed by atoms with Crippen molar-refractivity contribution in [1.29, 1.82) is 0 Å². The van der Waals surface area contributed by atoms with E-state index in [-0.39, 0.29) is 11.9 Å². The smallest absolute Gasteiger partial charge is 0.253 e. The first-order chi connectivity index (χ1) is 9.71. The predicted octanol–water partition coefficient (Wildman–Crippen LogP) is 3.19. The topological polar surface area (TPSA) is 54.0 Å². The van der Waals surface area contributed by atoms with E-state index in [0.29, 0.717) is 5.56 Å². The Labute approximate surface area is 119 Å². The van der Waals surface area contributed by atoms with Gasteiger partial charge >= 0.3 is 0 Å². The van der Waals surface area contributed by atoms with Crippen molar-refractivity contribution in [1.82, 2.24) is 10.3 Å². The Bertz CT molecular complexity index is 606. The monoisotopic (exact) mass is 271 g/mol. The van der Waals surface area contributed by atoms with E-state index in [1.54, 1.807) is 6.20 Å². The van der Waals surface area contributed by atoms with E-state index in [1.165, 1.54) is 0 Å². The summed E-state index contributed by atoms with van der Waals surface area (Å²) in [4.78, 5) is 16.7. The van der Waals surface area contributed by atoms with Crippen molar-refractivity contribution in [3.8, 4) is 0 Å². The number of hydrogen-bond acceptors (Lipinski definition) is 3. The Morgan fingerprint density at radius 3 is 2.45 bits per heavy atom. The quantitative estimate of drug-likeness (QED) is 0.878. The summed E-state index contributed by atoms with van der Waals surface area (Å²) in [6.45, 7) is 4.16. The first kappa shape index (κ1) is 14.3. The van der Waals surface area contributed by atoms with E-state index in [2.05, 4.69) is 29.5 Å². The van der Waals surface area contributed by atoms with Crippen LogP contribution in [0, 0.1) is 0 Å². The van der Waals surface area contributed by atoms with Gasteiger partial charge in [-0.1, -0.05) is 38.1 Å². The minimum absolute atomic E-state index is 0.0509. The SMILES string of the molecule is CCC(CC)NC(=O)c1cnc(NC)c2ccccc12. The minimum Gasteiger partial charge on any atom is -0.373 e. The molecule has 2 N–H and O–H groups in total. The van der Waals surface area contributed by atoms with E-state index in [4.69, 9.17) is 0 Å². The van der Waals surface area contributed by atoms with Crippen molar-refractivity contribution in [3.05, 3.63) is 36.0 Å². The number of carbonyl (C=O) groups excluding carboxylic acids is 1. The normalized spacial score (nSPS) is 10.8. The molecule has 106 valence electrons. The molecule has 0 fully saturated rings. The fraction of sp³-hybridized carbons (Fsp3) is 0.375. The Morgan fingerprint density at radius 2 is 1.85 bits per heavy atom. The Kier molecular flexibility index (Phi) is 4.56. The van der Waals surface area contributed by atoms with Crippen molar-refractivity contribution in [2.45, 2.75) is 32.7 Å². The maximum absolute atomic E-state index is 12.4. The molecule has 1 amide bonds. The molecule has 2 aromatic rings. The Morgan fingerprint density at radius 1 is 1.20 bits per heavy atom. The molecular weight excluding hydrogens is 250 g/mol. The Hall–Kier alpha value is -2.10. The highest BCUT2D eigenvalue weighted by atomic mass is 16.1. The lowest BCUT2D eigenvalue weighted by molar-refractivity contribution is 0.0936. The van der Waals surface area contributed by atoms with Crippen LogP contribution in [0.15, 0.2) is 30.5 Å². The molecule has 0 aliphatic heterocycles. The van der Waals surface area contributed by atoms with Gasteiger partial charge in [-0.05, 0) is 18.2 Å². The van der Waals surface area contributed by atoms with Gasteiger partial charge in [-0.3, -0.25) is 4.79 Å². The van der Waals surface area contributed by atoms with E-state index in [1.807, 2.05) is 31.3 Å². The lowest BCUT2D eigenvalue weighted by atomic mass is 10.1. The largest absolute Gasteiger partial charge is 0.373 e. The lowest BCUT2D eigenvalue weighted by Crippen LogP contribution is -2.34. The van der Waals surface area contributed by atoms with Crippen LogP contribution in [0.25, 0.3) is 10.8 Å². The molecule has 4 heteroatoms. The zero-order chi connectivity index (χ0) is 14.5. The number of amides is 1. The Balaban J connectivity index is 2.42. The molecule has 0 atom stereocenters. The lowest BCUT2D eigenvalue weighted by Gasteiger charge is -2.16. The first-order valence-electron chi connectivity index (χ1n) is 7.07. The summed E-state index contributed by atoms with van der Waals surface area (Å²) in [5.41, 5.74) is 0.631. The molecule has 1 aromatic heterocycles. The highest BCUT2D eigenvalue weighted by Crippen LogP contribution is 2.24. The van der Waals surface area contributed by atoms with E-state index < -0.39 is 0 Å². The number of rotatable bonds is 5. The third-order valence-corrected chi connectivity index (χ3v) is 3.60. The van der Waals surface area contributed by atoms with Crippen LogP contribution < -0.4 is 10.6 Å². The second-order valence-electron chi connectivity index (χ2n) is 4.80. The number of benzene rings is 1. The number of pyridine rings is 1. The van der Waals surface area contributed by atoms with Crippen molar-refractivity contribution in [2.24, 2.45) is 0 Å². The fourth-order valence-corrected chi connectivity index (χ4v) is 2.33. The van der Waals surface area contributed by atoms with Crippen LogP contribution in [-0.2, 0) is 0 Å². The van der Waals surface area contributed by atoms with Gasteiger partial charge in [0.25, 0.3) is 5.91 Å². The van der Waals surface area contributed by atoms with Gasteiger partial charge in [0.2, 0.25) is 0 Å². The van der Waals surface area contributed by atoms with E-state index in [9.17, 15) is 4.79 Å². The van der Waals surface area contributed by atoms with Crippen molar-refractivity contribution < 1.29 is 4.79 Å². The fourth-order valence-electron chi connectivity index (χ4n) is 2.33. The van der Waals surface area contributed by atoms with Crippen LogP contribution in [0.3, 0.4) is 0 Å². The molecule has 20 heavy (non-hydrogen) atoms. The third kappa shape index (κ3) is 2.74. The summed E-state index contributed by atoms with van der Waals surface area (Å²) in [6.07, 6.45) is 3.51. The molecule has 0 saturated heterocycles. The molecule has 0 aliphatic rings. The van der Waals surface area contributed by atoms with Gasteiger partial charge < -0.3 is 10.6 Å². The van der Waals surface area contributed by atoms with Crippen molar-refractivity contribution in [2.75, 3.05) is 12.4 Å². The van der Waals surface area contributed by atoms with Gasteiger partial charge in [-0.15, -0.1) is 0 Å². The highest BCUT2D eigenvalue weighted by Gasteiger charge is 2.15. The molecular formula is C16H21N3O. The summed E-state index contributed by atoms with van der Waals surface area (Å²) in [7, 11) is 1.83. The van der Waals surface area contributed by atoms with Crippen LogP contribution in [0.2, 0.25) is 0 Å². The first-order valence-corrected chi connectivity index (χ1v) is 7.07. The number of carbonyl (C=O) groups is 1. The second kappa shape index (κ2) is 6.37. The summed E-state index contributed by atoms with van der Waals surface area (Å²) in [5.74, 6) is 0.740. The van der Waals surface area contributed by atoms with E-state index >= 15 is 0 Å². The average molecular weight is 271 g/mol. The number of nitrogens with one attached hydrogen (secondary N) is 2. The number of hydrogen-bond donors (Lipinski definition) is 2. The predicted molar refractivity (Wildman–Crippen MR) is 83.1 cm³/mol. The number of anilines is 1. The molecule has 0 aliphatic carbocycles. The van der Waals surface area contributed by atoms with Crippen LogP contribution in [0.5, 0.6) is 0 Å². The standard InChI is InChI=1S/C16H21N3O/c1-4-11(5-2)19-16(20)14-10-18-15(17-3)13-9-7-6-8-12(13)14/h6-11H,4-5H2,1-3H3,(H,17,18)(H,19,20). The van der Waals surface area contributed by atoms with E-state index in [0.717, 1.165) is 29.4 Å². The molecule has 0 radical (unpaired) electrons. The van der Waals surface area contributed by atoms with Gasteiger partial charge in [0, 0.05) is 24.7 Å². The van der Waals surface area contributed by atoms with Gasteiger partial charge in [0.15, 0.2) is 0 Å². The molecule has 1 heterocycles. The number of aromatic nitrogens is 1. The molecule has 0 unspecified atom stereocenters. The maximum atomic E-state index is 12.4. The molecule has 0 saturated carbocycles. The molecule has 2 rings (SSSR count). The molecule has 4 nitrogen and oxygen atoms in total.